The topological polar surface area (TPSA) is 105 Å². The summed E-state index contributed by atoms with van der Waals surface area (Å²) in [5.41, 5.74) is 4.82. The molecule has 3 fully saturated rings. The molecule has 2 saturated heterocycles. The van der Waals surface area contributed by atoms with E-state index in [9.17, 15) is 9.90 Å². The summed E-state index contributed by atoms with van der Waals surface area (Å²) in [7, 11) is 0. The fourth-order valence-electron chi connectivity index (χ4n) is 6.96. The fourth-order valence-corrected chi connectivity index (χ4v) is 6.96. The first kappa shape index (κ1) is 26.1. The van der Waals surface area contributed by atoms with Crippen LogP contribution in [0.3, 0.4) is 0 Å². The second kappa shape index (κ2) is 10.2. The van der Waals surface area contributed by atoms with Gasteiger partial charge >= 0.3 is 0 Å². The summed E-state index contributed by atoms with van der Waals surface area (Å²) >= 11 is 0. The predicted molar refractivity (Wildman–Crippen MR) is 155 cm³/mol. The third kappa shape index (κ3) is 4.67. The van der Waals surface area contributed by atoms with E-state index in [4.69, 9.17) is 19.2 Å². The Bertz CT molecular complexity index is 1570. The van der Waals surface area contributed by atoms with Gasteiger partial charge in [-0.05, 0) is 68.2 Å². The molecule has 212 valence electrons. The first-order chi connectivity index (χ1) is 19.9. The average Bonchev–Trinajstić information content (AvgIpc) is 3.33. The van der Waals surface area contributed by atoms with Crippen molar-refractivity contribution in [3.8, 4) is 11.1 Å². The van der Waals surface area contributed by atoms with Gasteiger partial charge in [0, 0.05) is 30.6 Å². The molecule has 1 atom stereocenters. The normalized spacial score (nSPS) is 20.9. The fraction of sp³-hybridized carbons (Fsp3) is 0.438. The van der Waals surface area contributed by atoms with Gasteiger partial charge in [-0.15, -0.1) is 0 Å². The van der Waals surface area contributed by atoms with Gasteiger partial charge in [0.15, 0.2) is 0 Å². The predicted octanol–water partition coefficient (Wildman–Crippen LogP) is 4.86. The van der Waals surface area contributed by atoms with E-state index in [1.807, 2.05) is 49.1 Å². The highest BCUT2D eigenvalue weighted by Crippen LogP contribution is 2.49. The van der Waals surface area contributed by atoms with Crippen LogP contribution in [-0.4, -0.2) is 70.0 Å². The highest BCUT2D eigenvalue weighted by Gasteiger charge is 2.46. The summed E-state index contributed by atoms with van der Waals surface area (Å²) in [6.45, 7) is 6.93. The summed E-state index contributed by atoms with van der Waals surface area (Å²) < 4.78 is 11.4. The lowest BCUT2D eigenvalue weighted by Gasteiger charge is -2.50. The first-order valence-electron chi connectivity index (χ1n) is 14.5. The summed E-state index contributed by atoms with van der Waals surface area (Å²) in [4.78, 5) is 27.8. The van der Waals surface area contributed by atoms with Crippen molar-refractivity contribution in [3.63, 3.8) is 0 Å². The van der Waals surface area contributed by atoms with E-state index >= 15 is 0 Å². The van der Waals surface area contributed by atoms with Gasteiger partial charge in [-0.2, -0.15) is 0 Å². The number of likely N-dealkylation sites (tertiary alicyclic amines) is 1. The number of aromatic nitrogens is 3. The molecule has 1 aliphatic carbocycles. The Morgan fingerprint density at radius 1 is 1.02 bits per heavy atom. The maximum absolute atomic E-state index is 13.8. The minimum absolute atomic E-state index is 0.0476. The third-order valence-corrected chi connectivity index (χ3v) is 9.22. The van der Waals surface area contributed by atoms with Crippen LogP contribution < -0.4 is 4.90 Å². The smallest absolute Gasteiger partial charge is 0.291 e. The van der Waals surface area contributed by atoms with Crippen molar-refractivity contribution in [2.45, 2.75) is 51.7 Å². The van der Waals surface area contributed by atoms with Crippen molar-refractivity contribution in [3.05, 3.63) is 71.4 Å². The number of rotatable bonds is 4. The molecule has 1 spiro atoms. The van der Waals surface area contributed by atoms with Crippen LogP contribution in [0, 0.1) is 19.3 Å². The zero-order valence-corrected chi connectivity index (χ0v) is 23.5. The number of aliphatic hydroxyl groups is 1. The molecule has 1 N–H and O–H groups in total. The molecule has 9 heteroatoms. The molecule has 41 heavy (non-hydrogen) atoms. The van der Waals surface area contributed by atoms with Crippen LogP contribution in [0.15, 0.2) is 53.1 Å². The molecule has 3 aliphatic rings. The molecule has 9 nitrogen and oxygen atoms in total. The lowest BCUT2D eigenvalue weighted by Crippen LogP contribution is -2.50. The quantitative estimate of drug-likeness (QED) is 0.382. The SMILES string of the molecule is Cc1noc(C)c1-c1ccc2nc(C(=O)N3CCC4(CC3)CC(O)C4)nc(N3CCOCC3c3ccccc3)c2c1. The maximum Gasteiger partial charge on any atom is 0.291 e. The first-order valence-corrected chi connectivity index (χ1v) is 14.5. The van der Waals surface area contributed by atoms with E-state index in [1.165, 1.54) is 0 Å². The third-order valence-electron chi connectivity index (χ3n) is 9.22. The largest absolute Gasteiger partial charge is 0.393 e. The van der Waals surface area contributed by atoms with Gasteiger partial charge in [0.2, 0.25) is 5.82 Å². The van der Waals surface area contributed by atoms with E-state index in [-0.39, 0.29) is 29.3 Å². The van der Waals surface area contributed by atoms with Crippen LogP contribution >= 0.6 is 0 Å². The molecule has 4 aromatic rings. The van der Waals surface area contributed by atoms with Gasteiger partial charge in [0.25, 0.3) is 5.91 Å². The second-order valence-electron chi connectivity index (χ2n) is 11.9. The molecule has 0 bridgehead atoms. The molecule has 1 unspecified atom stereocenters. The number of morpholine rings is 1. The van der Waals surface area contributed by atoms with Gasteiger partial charge in [0.05, 0.1) is 36.6 Å². The molecular weight excluding hydrogens is 518 g/mol. The molecular formula is C32H35N5O4. The lowest BCUT2D eigenvalue weighted by atomic mass is 9.61. The number of carbonyl (C=O) groups is 1. The molecule has 2 aliphatic heterocycles. The monoisotopic (exact) mass is 553 g/mol. The zero-order valence-electron chi connectivity index (χ0n) is 23.5. The standard InChI is InChI=1S/C32H35N5O4/c1-20-28(21(2)41-35-20)23-8-9-26-25(16-23)30(37-14-15-40-19-27(37)22-6-4-3-5-7-22)34-29(33-26)31(39)36-12-10-32(11-13-36)17-24(38)18-32/h3-9,16,24,27,38H,10-15,17-19H2,1-2H3. The lowest BCUT2D eigenvalue weighted by molar-refractivity contribution is -0.0638. The number of aliphatic hydroxyl groups excluding tert-OH is 1. The zero-order chi connectivity index (χ0) is 28.1. The Labute approximate surface area is 239 Å². The van der Waals surface area contributed by atoms with E-state index < -0.39 is 0 Å². The Morgan fingerprint density at radius 3 is 2.51 bits per heavy atom. The number of nitrogens with zero attached hydrogens (tertiary/aromatic N) is 5. The van der Waals surface area contributed by atoms with Crippen molar-refractivity contribution in [1.29, 1.82) is 0 Å². The number of amides is 1. The Morgan fingerprint density at radius 2 is 1.80 bits per heavy atom. The van der Waals surface area contributed by atoms with Crippen molar-refractivity contribution in [2.75, 3.05) is 37.7 Å². The van der Waals surface area contributed by atoms with E-state index in [1.54, 1.807) is 0 Å². The summed E-state index contributed by atoms with van der Waals surface area (Å²) in [6, 6.07) is 16.3. The highest BCUT2D eigenvalue weighted by atomic mass is 16.5. The van der Waals surface area contributed by atoms with Gasteiger partial charge in [0.1, 0.15) is 11.6 Å². The van der Waals surface area contributed by atoms with E-state index in [0.717, 1.165) is 70.5 Å². The molecule has 2 aromatic carbocycles. The van der Waals surface area contributed by atoms with Crippen LogP contribution in [0.1, 0.15) is 59.4 Å². The Hall–Kier alpha value is -3.82. The molecule has 0 radical (unpaired) electrons. The van der Waals surface area contributed by atoms with Gasteiger partial charge < -0.3 is 24.2 Å². The highest BCUT2D eigenvalue weighted by molar-refractivity contribution is 5.98. The number of anilines is 1. The van der Waals surface area contributed by atoms with E-state index in [2.05, 4.69) is 28.3 Å². The number of piperidine rings is 1. The minimum Gasteiger partial charge on any atom is -0.393 e. The maximum atomic E-state index is 13.8. The number of carbonyl (C=O) groups excluding carboxylic acids is 1. The van der Waals surface area contributed by atoms with Gasteiger partial charge in [-0.3, -0.25) is 4.79 Å². The molecule has 1 amide bonds. The number of ether oxygens (including phenoxy) is 1. The summed E-state index contributed by atoms with van der Waals surface area (Å²) in [5.74, 6) is 1.58. The second-order valence-corrected chi connectivity index (χ2v) is 11.9. The van der Waals surface area contributed by atoms with Crippen LogP contribution in [-0.2, 0) is 4.74 Å². The van der Waals surface area contributed by atoms with Gasteiger partial charge in [-0.25, -0.2) is 9.97 Å². The number of hydrogen-bond acceptors (Lipinski definition) is 8. The Balaban J connectivity index is 1.31. The number of aryl methyl sites for hydroxylation is 2. The van der Waals surface area contributed by atoms with Gasteiger partial charge in [-0.1, -0.05) is 41.6 Å². The summed E-state index contributed by atoms with van der Waals surface area (Å²) in [6.07, 6.45) is 3.33. The van der Waals surface area contributed by atoms with E-state index in [0.29, 0.717) is 32.8 Å². The minimum atomic E-state index is -0.190. The summed E-state index contributed by atoms with van der Waals surface area (Å²) in [5, 5.41) is 14.9. The van der Waals surface area contributed by atoms with Crippen molar-refractivity contribution < 1.29 is 19.2 Å². The molecule has 1 saturated carbocycles. The van der Waals surface area contributed by atoms with Crippen molar-refractivity contribution >= 4 is 22.6 Å². The number of benzene rings is 2. The van der Waals surface area contributed by atoms with Crippen molar-refractivity contribution in [2.24, 2.45) is 5.41 Å². The van der Waals surface area contributed by atoms with Crippen LogP contribution in [0.5, 0.6) is 0 Å². The molecule has 2 aromatic heterocycles. The molecule has 4 heterocycles. The molecule has 7 rings (SSSR count). The van der Waals surface area contributed by atoms with Crippen LogP contribution in [0.25, 0.3) is 22.0 Å². The average molecular weight is 554 g/mol. The van der Waals surface area contributed by atoms with Crippen LogP contribution in [0.2, 0.25) is 0 Å². The Kier molecular flexibility index (Phi) is 6.51. The van der Waals surface area contributed by atoms with Crippen LogP contribution in [0.4, 0.5) is 5.82 Å². The number of hydrogen-bond donors (Lipinski definition) is 1. The number of fused-ring (bicyclic) bond motifs is 1. The van der Waals surface area contributed by atoms with Crippen molar-refractivity contribution in [1.82, 2.24) is 20.0 Å².